The highest BCUT2D eigenvalue weighted by molar-refractivity contribution is 5.91. The lowest BCUT2D eigenvalue weighted by molar-refractivity contribution is -0.132. The number of rotatable bonds is 3. The predicted molar refractivity (Wildman–Crippen MR) is 84.0 cm³/mol. The molecule has 3 rings (SSSR count). The van der Waals surface area contributed by atoms with Gasteiger partial charge < -0.3 is 5.73 Å². The average molecular weight is 286 g/mol. The molecule has 1 aromatic heterocycles. The average Bonchev–Trinajstić information content (AvgIpc) is 2.55. The Morgan fingerprint density at radius 2 is 2.14 bits per heavy atom. The zero-order valence-corrected chi connectivity index (χ0v) is 13.0. The summed E-state index contributed by atoms with van der Waals surface area (Å²) in [5.74, 6) is 1.08. The number of carbonyl (C=O) groups excluding carboxylic acids is 1. The van der Waals surface area contributed by atoms with Crippen molar-refractivity contribution in [3.05, 3.63) is 29.6 Å². The standard InChI is InChI=1S/C18H26N2O/c1-13-7-9-18(12-19,10-8-13)17(21)15-6-2-4-14-5-3-11-20-16(14)15/h3,5,11,13,15H,2,4,6-10,12,19H2,1H3. The largest absolute Gasteiger partial charge is 0.329 e. The van der Waals surface area contributed by atoms with Crippen molar-refractivity contribution in [2.45, 2.75) is 57.8 Å². The SMILES string of the molecule is CC1CCC(CN)(C(=O)C2CCCc3cccnc32)CC1. The number of hydrogen-bond donors (Lipinski definition) is 1. The fourth-order valence-electron chi connectivity index (χ4n) is 4.10. The van der Waals surface area contributed by atoms with Crippen LogP contribution in [0.5, 0.6) is 0 Å². The number of fused-ring (bicyclic) bond motifs is 1. The molecule has 1 atom stereocenters. The lowest BCUT2D eigenvalue weighted by atomic mass is 9.64. The Morgan fingerprint density at radius 1 is 1.38 bits per heavy atom. The molecule has 0 spiro atoms. The van der Waals surface area contributed by atoms with Crippen molar-refractivity contribution in [3.63, 3.8) is 0 Å². The zero-order chi connectivity index (χ0) is 14.9. The molecule has 2 aliphatic carbocycles. The van der Waals surface area contributed by atoms with E-state index < -0.39 is 0 Å². The number of pyridine rings is 1. The summed E-state index contributed by atoms with van der Waals surface area (Å²) >= 11 is 0. The fraction of sp³-hybridized carbons (Fsp3) is 0.667. The summed E-state index contributed by atoms with van der Waals surface area (Å²) in [5, 5.41) is 0. The molecule has 1 heterocycles. The highest BCUT2D eigenvalue weighted by Gasteiger charge is 2.44. The van der Waals surface area contributed by atoms with Crippen molar-refractivity contribution < 1.29 is 4.79 Å². The molecule has 0 aliphatic heterocycles. The molecule has 0 radical (unpaired) electrons. The van der Waals surface area contributed by atoms with E-state index in [4.69, 9.17) is 5.73 Å². The normalized spacial score (nSPS) is 32.5. The number of ketones is 1. The van der Waals surface area contributed by atoms with Crippen molar-refractivity contribution >= 4 is 5.78 Å². The summed E-state index contributed by atoms with van der Waals surface area (Å²) in [4.78, 5) is 17.8. The molecule has 1 unspecified atom stereocenters. The van der Waals surface area contributed by atoms with Crippen LogP contribution >= 0.6 is 0 Å². The lowest BCUT2D eigenvalue weighted by Crippen LogP contribution is -2.44. The summed E-state index contributed by atoms with van der Waals surface area (Å²) in [6.07, 6.45) is 9.09. The van der Waals surface area contributed by atoms with Gasteiger partial charge in [0.2, 0.25) is 0 Å². The van der Waals surface area contributed by atoms with Crippen LogP contribution in [-0.2, 0) is 11.2 Å². The summed E-state index contributed by atoms with van der Waals surface area (Å²) in [5.41, 5.74) is 8.07. The first-order valence-corrected chi connectivity index (χ1v) is 8.34. The maximum atomic E-state index is 13.3. The Bertz CT molecular complexity index is 518. The third-order valence-electron chi connectivity index (χ3n) is 5.66. The maximum absolute atomic E-state index is 13.3. The molecule has 1 aromatic rings. The first-order chi connectivity index (χ1) is 10.2. The van der Waals surface area contributed by atoms with Crippen LogP contribution in [0.25, 0.3) is 0 Å². The van der Waals surface area contributed by atoms with Crippen molar-refractivity contribution in [3.8, 4) is 0 Å². The first kappa shape index (κ1) is 14.7. The molecule has 3 nitrogen and oxygen atoms in total. The van der Waals surface area contributed by atoms with E-state index >= 15 is 0 Å². The predicted octanol–water partition coefficient (Wildman–Crippen LogP) is 3.23. The van der Waals surface area contributed by atoms with Crippen LogP contribution in [0, 0.1) is 11.3 Å². The van der Waals surface area contributed by atoms with Gasteiger partial charge in [0, 0.05) is 18.2 Å². The van der Waals surface area contributed by atoms with Gasteiger partial charge in [0.05, 0.1) is 11.6 Å². The highest BCUT2D eigenvalue weighted by atomic mass is 16.1. The minimum absolute atomic E-state index is 0.0214. The topological polar surface area (TPSA) is 56.0 Å². The quantitative estimate of drug-likeness (QED) is 0.928. The van der Waals surface area contributed by atoms with Gasteiger partial charge in [-0.3, -0.25) is 9.78 Å². The van der Waals surface area contributed by atoms with Crippen LogP contribution in [0.4, 0.5) is 0 Å². The number of aromatic nitrogens is 1. The van der Waals surface area contributed by atoms with E-state index in [1.54, 1.807) is 0 Å². The third-order valence-corrected chi connectivity index (χ3v) is 5.66. The molecule has 0 bridgehead atoms. The zero-order valence-electron chi connectivity index (χ0n) is 13.0. The molecule has 0 aromatic carbocycles. The summed E-state index contributed by atoms with van der Waals surface area (Å²) in [7, 11) is 0. The summed E-state index contributed by atoms with van der Waals surface area (Å²) < 4.78 is 0. The van der Waals surface area contributed by atoms with Gasteiger partial charge in [0.1, 0.15) is 5.78 Å². The van der Waals surface area contributed by atoms with Gasteiger partial charge in [-0.05, 0) is 62.5 Å². The van der Waals surface area contributed by atoms with E-state index in [1.807, 2.05) is 12.3 Å². The number of aryl methyl sites for hydroxylation is 1. The molecule has 3 heteroatoms. The number of nitrogens with two attached hydrogens (primary N) is 1. The van der Waals surface area contributed by atoms with Gasteiger partial charge >= 0.3 is 0 Å². The van der Waals surface area contributed by atoms with E-state index in [9.17, 15) is 4.79 Å². The second kappa shape index (κ2) is 5.88. The van der Waals surface area contributed by atoms with Crippen LogP contribution in [0.2, 0.25) is 0 Å². The van der Waals surface area contributed by atoms with Crippen molar-refractivity contribution in [2.24, 2.45) is 17.1 Å². The molecule has 114 valence electrons. The molecule has 2 aliphatic rings. The van der Waals surface area contributed by atoms with Gasteiger partial charge in [-0.25, -0.2) is 0 Å². The second-order valence-electron chi connectivity index (χ2n) is 7.02. The van der Waals surface area contributed by atoms with Gasteiger partial charge in [-0.2, -0.15) is 0 Å². The van der Waals surface area contributed by atoms with Crippen LogP contribution in [-0.4, -0.2) is 17.3 Å². The van der Waals surface area contributed by atoms with E-state index in [1.165, 1.54) is 5.56 Å². The van der Waals surface area contributed by atoms with Crippen LogP contribution in [0.3, 0.4) is 0 Å². The Labute approximate surface area is 127 Å². The summed E-state index contributed by atoms with van der Waals surface area (Å²) in [6, 6.07) is 4.10. The summed E-state index contributed by atoms with van der Waals surface area (Å²) in [6.45, 7) is 2.78. The van der Waals surface area contributed by atoms with Crippen LogP contribution < -0.4 is 5.73 Å². The number of hydrogen-bond acceptors (Lipinski definition) is 3. The molecular formula is C18H26N2O. The fourth-order valence-corrected chi connectivity index (χ4v) is 4.10. The minimum Gasteiger partial charge on any atom is -0.329 e. The van der Waals surface area contributed by atoms with Gasteiger partial charge in [0.25, 0.3) is 0 Å². The number of Topliss-reactive ketones (excluding diaryl/α,β-unsaturated/α-hetero) is 1. The van der Waals surface area contributed by atoms with Crippen LogP contribution in [0.15, 0.2) is 18.3 Å². The molecule has 0 saturated heterocycles. The molecular weight excluding hydrogens is 260 g/mol. The van der Waals surface area contributed by atoms with Crippen molar-refractivity contribution in [1.29, 1.82) is 0 Å². The Kier molecular flexibility index (Phi) is 4.12. The Balaban J connectivity index is 1.88. The van der Waals surface area contributed by atoms with E-state index in [2.05, 4.69) is 18.0 Å². The minimum atomic E-state index is -0.288. The first-order valence-electron chi connectivity index (χ1n) is 8.34. The molecule has 21 heavy (non-hydrogen) atoms. The third kappa shape index (κ3) is 2.64. The van der Waals surface area contributed by atoms with Crippen molar-refractivity contribution in [2.75, 3.05) is 6.54 Å². The molecule has 1 saturated carbocycles. The Morgan fingerprint density at radius 3 is 2.86 bits per heavy atom. The van der Waals surface area contributed by atoms with E-state index in [0.29, 0.717) is 12.3 Å². The number of nitrogens with zero attached hydrogens (tertiary/aromatic N) is 1. The number of carbonyl (C=O) groups is 1. The monoisotopic (exact) mass is 286 g/mol. The smallest absolute Gasteiger partial charge is 0.149 e. The highest BCUT2D eigenvalue weighted by Crippen LogP contribution is 2.44. The molecule has 1 fully saturated rings. The van der Waals surface area contributed by atoms with Crippen LogP contribution in [0.1, 0.15) is 62.6 Å². The van der Waals surface area contributed by atoms with E-state index in [-0.39, 0.29) is 11.3 Å². The van der Waals surface area contributed by atoms with E-state index in [0.717, 1.165) is 56.6 Å². The van der Waals surface area contributed by atoms with Gasteiger partial charge in [-0.15, -0.1) is 0 Å². The Hall–Kier alpha value is -1.22. The lowest BCUT2D eigenvalue weighted by Gasteiger charge is -2.40. The second-order valence-corrected chi connectivity index (χ2v) is 7.02. The van der Waals surface area contributed by atoms with Crippen molar-refractivity contribution in [1.82, 2.24) is 4.98 Å². The molecule has 2 N–H and O–H groups in total. The maximum Gasteiger partial charge on any atom is 0.149 e. The van der Waals surface area contributed by atoms with Gasteiger partial charge in [-0.1, -0.05) is 13.0 Å². The van der Waals surface area contributed by atoms with Gasteiger partial charge in [0.15, 0.2) is 0 Å². The molecule has 0 amide bonds.